The van der Waals surface area contributed by atoms with Gasteiger partial charge in [-0.3, -0.25) is 0 Å². The Morgan fingerprint density at radius 2 is 1.46 bits per heavy atom. The van der Waals surface area contributed by atoms with E-state index in [9.17, 15) is 9.90 Å². The van der Waals surface area contributed by atoms with Gasteiger partial charge in [0.15, 0.2) is 0 Å². The van der Waals surface area contributed by atoms with Crippen LogP contribution in [0.5, 0.6) is 11.5 Å². The van der Waals surface area contributed by atoms with Gasteiger partial charge in [-0.1, -0.05) is 25.3 Å². The molecule has 2 aromatic rings. The second-order valence-corrected chi connectivity index (χ2v) is 7.91. The van der Waals surface area contributed by atoms with Crippen LogP contribution < -0.4 is 9.47 Å². The largest absolute Gasteiger partial charge is 0.460 e. The average molecular weight is 417 g/mol. The van der Waals surface area contributed by atoms with Crippen molar-refractivity contribution in [1.82, 2.24) is 0 Å². The number of rotatable bonds is 8. The molecule has 1 atom stereocenters. The smallest absolute Gasteiger partial charge is 0.338 e. The summed E-state index contributed by atoms with van der Waals surface area (Å²) in [6, 6.07) is 11.4. The summed E-state index contributed by atoms with van der Waals surface area (Å²) < 4.78 is 11.0. The Bertz CT molecular complexity index is 905. The van der Waals surface area contributed by atoms with Crippen molar-refractivity contribution >= 4 is 29.5 Å². The Kier molecular flexibility index (Phi) is 7.80. The number of hydrogen-bond donors (Lipinski definition) is 1. The lowest BCUT2D eigenvalue weighted by Gasteiger charge is -2.17. The van der Waals surface area contributed by atoms with E-state index in [1.54, 1.807) is 19.9 Å². The first-order chi connectivity index (χ1) is 13.3. The number of carbonyl (C=O) groups excluding carboxylic acids is 1. The number of carbonyl (C=O) groups is 1. The zero-order valence-electron chi connectivity index (χ0n) is 16.4. The Balaban J connectivity index is 2.35. The minimum atomic E-state index is -1.04. The summed E-state index contributed by atoms with van der Waals surface area (Å²) in [7, 11) is 0. The number of aliphatic hydroxyl groups excluding tert-OH is 1. The number of hydrogen-bond acceptors (Lipinski definition) is 6. The molecule has 0 aliphatic heterocycles. The molecule has 0 fully saturated rings. The van der Waals surface area contributed by atoms with Crippen molar-refractivity contribution in [3.8, 4) is 22.6 Å². The third-order valence-corrected chi connectivity index (χ3v) is 5.39. The van der Waals surface area contributed by atoms with Gasteiger partial charge in [-0.05, 0) is 67.3 Å². The molecule has 4 nitrogen and oxygen atoms in total. The van der Waals surface area contributed by atoms with Gasteiger partial charge in [0.1, 0.15) is 11.5 Å². The van der Waals surface area contributed by atoms with E-state index >= 15 is 0 Å². The second-order valence-electron chi connectivity index (χ2n) is 6.22. The summed E-state index contributed by atoms with van der Waals surface area (Å²) in [5.74, 6) is 0.674. The minimum Gasteiger partial charge on any atom is -0.460 e. The van der Waals surface area contributed by atoms with Crippen LogP contribution in [0.4, 0.5) is 0 Å². The molecule has 28 heavy (non-hydrogen) atoms. The summed E-state index contributed by atoms with van der Waals surface area (Å²) in [4.78, 5) is 13.6. The van der Waals surface area contributed by atoms with Crippen LogP contribution in [0.15, 0.2) is 70.5 Å². The van der Waals surface area contributed by atoms with E-state index in [4.69, 9.17) is 9.47 Å². The number of esters is 1. The topological polar surface area (TPSA) is 55.8 Å². The van der Waals surface area contributed by atoms with Crippen LogP contribution in [0.2, 0.25) is 0 Å². The van der Waals surface area contributed by atoms with Crippen LogP contribution in [-0.4, -0.2) is 29.9 Å². The quantitative estimate of drug-likeness (QED) is 0.152. The lowest BCUT2D eigenvalue weighted by Crippen LogP contribution is -2.16. The molecule has 1 N–H and O–H groups in total. The predicted octanol–water partition coefficient (Wildman–Crippen LogP) is 5.55. The molecule has 0 bridgehead atoms. The maximum absolute atomic E-state index is 11.8. The normalized spacial score (nSPS) is 11.6. The summed E-state index contributed by atoms with van der Waals surface area (Å²) in [6.45, 7) is 10.6. The number of aliphatic hydroxyl groups is 1. The van der Waals surface area contributed by atoms with E-state index in [0.717, 1.165) is 20.9 Å². The van der Waals surface area contributed by atoms with Gasteiger partial charge in [-0.2, -0.15) is 0 Å². The lowest BCUT2D eigenvalue weighted by atomic mass is 10.1. The molecule has 148 valence electrons. The number of benzene rings is 2. The zero-order valence-corrected chi connectivity index (χ0v) is 18.1. The molecule has 2 aromatic carbocycles. The highest BCUT2D eigenvalue weighted by Crippen LogP contribution is 2.37. The van der Waals surface area contributed by atoms with E-state index in [1.807, 2.05) is 42.8 Å². The van der Waals surface area contributed by atoms with Gasteiger partial charge in [0.2, 0.25) is 6.29 Å². The SMILES string of the molecule is C=C(C)C(=O)Oc1ccc(-c2ccc(OC(O)C(=C)C)c(SC)c2)cc1SC. The lowest BCUT2D eigenvalue weighted by molar-refractivity contribution is -0.130. The Hall–Kier alpha value is -2.15. The van der Waals surface area contributed by atoms with E-state index < -0.39 is 12.3 Å². The molecule has 2 rings (SSSR count). The molecule has 0 spiro atoms. The van der Waals surface area contributed by atoms with Crippen molar-refractivity contribution in [3.63, 3.8) is 0 Å². The van der Waals surface area contributed by atoms with Crippen LogP contribution in [0.3, 0.4) is 0 Å². The predicted molar refractivity (Wildman–Crippen MR) is 117 cm³/mol. The molecule has 0 amide bonds. The molecular weight excluding hydrogens is 392 g/mol. The third-order valence-electron chi connectivity index (χ3n) is 3.87. The van der Waals surface area contributed by atoms with Crippen molar-refractivity contribution in [1.29, 1.82) is 0 Å². The first-order valence-electron chi connectivity index (χ1n) is 8.51. The Labute approximate surface area is 174 Å². The number of ether oxygens (including phenoxy) is 2. The van der Waals surface area contributed by atoms with E-state index in [-0.39, 0.29) is 0 Å². The summed E-state index contributed by atoms with van der Waals surface area (Å²) in [5, 5.41) is 9.91. The monoisotopic (exact) mass is 416 g/mol. The molecule has 0 radical (unpaired) electrons. The Morgan fingerprint density at radius 3 is 1.93 bits per heavy atom. The van der Waals surface area contributed by atoms with Crippen LogP contribution in [0.25, 0.3) is 11.1 Å². The van der Waals surface area contributed by atoms with Gasteiger partial charge in [0, 0.05) is 10.5 Å². The third kappa shape index (κ3) is 5.44. The van der Waals surface area contributed by atoms with Crippen molar-refractivity contribution < 1.29 is 19.4 Å². The molecule has 0 heterocycles. The fourth-order valence-corrected chi connectivity index (χ4v) is 3.40. The molecule has 0 saturated carbocycles. The second kappa shape index (κ2) is 9.87. The molecule has 0 aliphatic rings. The summed E-state index contributed by atoms with van der Waals surface area (Å²) in [6.07, 6.45) is 2.84. The molecular formula is C22H24O4S2. The molecule has 0 saturated heterocycles. The maximum atomic E-state index is 11.8. The van der Waals surface area contributed by atoms with E-state index in [1.165, 1.54) is 23.5 Å². The fraction of sp³-hybridized carbons (Fsp3) is 0.227. The number of thioether (sulfide) groups is 2. The van der Waals surface area contributed by atoms with Gasteiger partial charge < -0.3 is 14.6 Å². The summed E-state index contributed by atoms with van der Waals surface area (Å²) >= 11 is 3.04. The van der Waals surface area contributed by atoms with Crippen LogP contribution in [0.1, 0.15) is 13.8 Å². The van der Waals surface area contributed by atoms with E-state index in [2.05, 4.69) is 13.2 Å². The first kappa shape index (κ1) is 22.1. The van der Waals surface area contributed by atoms with Gasteiger partial charge in [0.25, 0.3) is 0 Å². The molecule has 1 unspecified atom stereocenters. The van der Waals surface area contributed by atoms with Crippen LogP contribution in [-0.2, 0) is 4.79 Å². The van der Waals surface area contributed by atoms with Crippen molar-refractivity contribution in [2.75, 3.05) is 12.5 Å². The highest BCUT2D eigenvalue weighted by Gasteiger charge is 2.14. The van der Waals surface area contributed by atoms with Crippen molar-refractivity contribution in [2.24, 2.45) is 0 Å². The molecule has 6 heteroatoms. The van der Waals surface area contributed by atoms with Crippen LogP contribution in [0, 0.1) is 0 Å². The van der Waals surface area contributed by atoms with Gasteiger partial charge in [0.05, 0.1) is 4.90 Å². The highest BCUT2D eigenvalue weighted by molar-refractivity contribution is 7.99. The zero-order chi connectivity index (χ0) is 20.8. The average Bonchev–Trinajstić information content (AvgIpc) is 2.68. The Morgan fingerprint density at radius 1 is 0.964 bits per heavy atom. The molecule has 0 aliphatic carbocycles. The maximum Gasteiger partial charge on any atom is 0.338 e. The fourth-order valence-electron chi connectivity index (χ4n) is 2.28. The van der Waals surface area contributed by atoms with Crippen molar-refractivity contribution in [3.05, 3.63) is 60.7 Å². The summed E-state index contributed by atoms with van der Waals surface area (Å²) in [5.41, 5.74) is 2.88. The van der Waals surface area contributed by atoms with Gasteiger partial charge in [-0.25, -0.2) is 4.79 Å². The van der Waals surface area contributed by atoms with Crippen LogP contribution >= 0.6 is 23.5 Å². The van der Waals surface area contributed by atoms with E-state index in [0.29, 0.717) is 22.6 Å². The standard InChI is InChI=1S/C22H24O4S2/c1-13(2)21(23)25-17-9-7-15(11-19(17)27-5)16-8-10-18(20(12-16)28-6)26-22(24)14(3)4/h7-12,21,23H,1,3H2,2,4-6H3. The van der Waals surface area contributed by atoms with Gasteiger partial charge >= 0.3 is 5.97 Å². The van der Waals surface area contributed by atoms with Gasteiger partial charge in [-0.15, -0.1) is 23.5 Å². The first-order valence-corrected chi connectivity index (χ1v) is 11.0. The van der Waals surface area contributed by atoms with Crippen molar-refractivity contribution in [2.45, 2.75) is 29.9 Å². The molecule has 0 aromatic heterocycles. The minimum absolute atomic E-state index is 0.355. The highest BCUT2D eigenvalue weighted by atomic mass is 32.2.